The summed E-state index contributed by atoms with van der Waals surface area (Å²) in [6.45, 7) is 8.71. The SMILES string of the molecule is C[C@H](COC(C)(C)C)C1=C2CCC2n2c(nc3ccc(C(F)(F)F)nc32)N1. The van der Waals surface area contributed by atoms with E-state index in [2.05, 4.69) is 22.2 Å². The number of alkyl halides is 3. The first kappa shape index (κ1) is 18.3. The highest BCUT2D eigenvalue weighted by Gasteiger charge is 2.39. The van der Waals surface area contributed by atoms with Gasteiger partial charge in [0.15, 0.2) is 5.65 Å². The van der Waals surface area contributed by atoms with Gasteiger partial charge in [-0.25, -0.2) is 9.97 Å². The largest absolute Gasteiger partial charge is 0.433 e. The van der Waals surface area contributed by atoms with Gasteiger partial charge in [0.2, 0.25) is 5.95 Å². The lowest BCUT2D eigenvalue weighted by Gasteiger charge is -2.40. The normalized spacial score (nSPS) is 20.8. The maximum Gasteiger partial charge on any atom is 0.433 e. The van der Waals surface area contributed by atoms with E-state index in [1.807, 2.05) is 25.3 Å². The molecule has 0 saturated heterocycles. The summed E-state index contributed by atoms with van der Waals surface area (Å²) in [6.07, 6.45) is -2.67. The molecule has 1 saturated carbocycles. The van der Waals surface area contributed by atoms with Crippen molar-refractivity contribution in [1.82, 2.24) is 14.5 Å². The quantitative estimate of drug-likeness (QED) is 0.822. The van der Waals surface area contributed by atoms with Gasteiger partial charge >= 0.3 is 6.18 Å². The number of rotatable bonds is 3. The zero-order chi connectivity index (χ0) is 19.6. The molecule has 0 bridgehead atoms. The van der Waals surface area contributed by atoms with Gasteiger partial charge in [-0.2, -0.15) is 13.2 Å². The molecule has 0 aromatic carbocycles. The topological polar surface area (TPSA) is 52.0 Å². The van der Waals surface area contributed by atoms with Gasteiger partial charge in [0.1, 0.15) is 11.2 Å². The third-order valence-corrected chi connectivity index (χ3v) is 5.08. The van der Waals surface area contributed by atoms with Crippen molar-refractivity contribution in [2.75, 3.05) is 11.9 Å². The predicted octanol–water partition coefficient (Wildman–Crippen LogP) is 4.92. The number of fused-ring (bicyclic) bond motifs is 5. The Morgan fingerprint density at radius 3 is 2.59 bits per heavy atom. The fraction of sp³-hybridized carbons (Fsp3) is 0.579. The summed E-state index contributed by atoms with van der Waals surface area (Å²) in [6, 6.07) is 2.40. The number of nitrogens with one attached hydrogen (secondary N) is 1. The summed E-state index contributed by atoms with van der Waals surface area (Å²) in [5.74, 6) is 0.706. The Labute approximate surface area is 155 Å². The van der Waals surface area contributed by atoms with Gasteiger partial charge in [-0.15, -0.1) is 0 Å². The predicted molar refractivity (Wildman–Crippen MR) is 96.3 cm³/mol. The molecule has 2 aliphatic rings. The third kappa shape index (κ3) is 3.20. The molecule has 0 spiro atoms. The lowest BCUT2D eigenvalue weighted by atomic mass is 9.80. The van der Waals surface area contributed by atoms with Crippen molar-refractivity contribution in [2.24, 2.45) is 5.92 Å². The molecule has 3 heterocycles. The van der Waals surface area contributed by atoms with Gasteiger partial charge in [0.25, 0.3) is 0 Å². The highest BCUT2D eigenvalue weighted by molar-refractivity contribution is 5.77. The van der Waals surface area contributed by atoms with E-state index in [0.29, 0.717) is 18.1 Å². The molecule has 0 radical (unpaired) electrons. The van der Waals surface area contributed by atoms with Crippen LogP contribution in [0.3, 0.4) is 0 Å². The van der Waals surface area contributed by atoms with E-state index in [0.717, 1.165) is 24.6 Å². The molecule has 2 aromatic heterocycles. The lowest BCUT2D eigenvalue weighted by molar-refractivity contribution is -0.141. The summed E-state index contributed by atoms with van der Waals surface area (Å²) in [5.41, 5.74) is 1.93. The highest BCUT2D eigenvalue weighted by Crippen LogP contribution is 2.48. The van der Waals surface area contributed by atoms with Gasteiger partial charge in [0.05, 0.1) is 18.2 Å². The van der Waals surface area contributed by atoms with Gasteiger partial charge in [-0.1, -0.05) is 6.92 Å². The van der Waals surface area contributed by atoms with Crippen molar-refractivity contribution in [2.45, 2.75) is 58.4 Å². The van der Waals surface area contributed by atoms with Crippen LogP contribution in [0.15, 0.2) is 23.4 Å². The number of nitrogens with zero attached hydrogens (tertiary/aromatic N) is 3. The molecule has 0 amide bonds. The number of hydrogen-bond donors (Lipinski definition) is 1. The summed E-state index contributed by atoms with van der Waals surface area (Å²) in [4.78, 5) is 8.35. The average Bonchev–Trinajstić information content (AvgIpc) is 2.87. The first-order valence-corrected chi connectivity index (χ1v) is 9.15. The zero-order valence-corrected chi connectivity index (χ0v) is 15.8. The number of ether oxygens (including phenoxy) is 1. The minimum Gasteiger partial charge on any atom is -0.375 e. The van der Waals surface area contributed by atoms with E-state index in [4.69, 9.17) is 4.74 Å². The van der Waals surface area contributed by atoms with Crippen LogP contribution in [0, 0.1) is 5.92 Å². The average molecular weight is 380 g/mol. The Hall–Kier alpha value is -2.09. The fourth-order valence-electron chi connectivity index (χ4n) is 3.63. The van der Waals surface area contributed by atoms with E-state index in [9.17, 15) is 13.2 Å². The fourth-order valence-corrected chi connectivity index (χ4v) is 3.63. The molecule has 2 atom stereocenters. The van der Waals surface area contributed by atoms with Crippen LogP contribution in [0.4, 0.5) is 19.1 Å². The molecular weight excluding hydrogens is 357 g/mol. The number of pyridine rings is 1. The van der Waals surface area contributed by atoms with Crippen LogP contribution < -0.4 is 5.32 Å². The number of halogens is 3. The monoisotopic (exact) mass is 380 g/mol. The van der Waals surface area contributed by atoms with Crippen molar-refractivity contribution in [3.8, 4) is 0 Å². The maximum absolute atomic E-state index is 13.1. The number of hydrogen-bond acceptors (Lipinski definition) is 4. The molecule has 1 aliphatic carbocycles. The van der Waals surface area contributed by atoms with E-state index in [1.54, 1.807) is 0 Å². The van der Waals surface area contributed by atoms with E-state index < -0.39 is 11.9 Å². The van der Waals surface area contributed by atoms with Gasteiger partial charge in [0, 0.05) is 11.6 Å². The number of anilines is 1. The highest BCUT2D eigenvalue weighted by atomic mass is 19.4. The van der Waals surface area contributed by atoms with Crippen molar-refractivity contribution in [1.29, 1.82) is 0 Å². The van der Waals surface area contributed by atoms with Crippen molar-refractivity contribution < 1.29 is 17.9 Å². The van der Waals surface area contributed by atoms with E-state index in [-0.39, 0.29) is 23.2 Å². The van der Waals surface area contributed by atoms with Crippen LogP contribution in [0.2, 0.25) is 0 Å². The first-order valence-electron chi connectivity index (χ1n) is 9.15. The van der Waals surface area contributed by atoms with Gasteiger partial charge in [-0.05, 0) is 51.3 Å². The number of aromatic nitrogens is 3. The van der Waals surface area contributed by atoms with Crippen LogP contribution in [-0.4, -0.2) is 26.7 Å². The van der Waals surface area contributed by atoms with Crippen LogP contribution >= 0.6 is 0 Å². The van der Waals surface area contributed by atoms with Gasteiger partial charge in [-0.3, -0.25) is 4.57 Å². The minimum absolute atomic E-state index is 0.0225. The van der Waals surface area contributed by atoms with E-state index >= 15 is 0 Å². The van der Waals surface area contributed by atoms with Crippen molar-refractivity contribution >= 4 is 17.1 Å². The summed E-state index contributed by atoms with van der Waals surface area (Å²) < 4.78 is 46.9. The van der Waals surface area contributed by atoms with Crippen LogP contribution in [0.25, 0.3) is 11.2 Å². The maximum atomic E-state index is 13.1. The Balaban J connectivity index is 1.69. The molecule has 1 fully saturated rings. The molecule has 1 aliphatic heterocycles. The minimum atomic E-state index is -4.47. The van der Waals surface area contributed by atoms with Gasteiger partial charge < -0.3 is 10.1 Å². The third-order valence-electron chi connectivity index (χ3n) is 5.08. The number of allylic oxidation sites excluding steroid dienone is 1. The molecular formula is C19H23F3N4O. The summed E-state index contributed by atoms with van der Waals surface area (Å²) in [7, 11) is 0. The smallest absolute Gasteiger partial charge is 0.375 e. The molecule has 5 nitrogen and oxygen atoms in total. The Morgan fingerprint density at radius 2 is 2.00 bits per heavy atom. The molecule has 27 heavy (non-hydrogen) atoms. The Morgan fingerprint density at radius 1 is 1.26 bits per heavy atom. The Bertz CT molecular complexity index is 923. The first-order chi connectivity index (χ1) is 12.5. The second-order valence-electron chi connectivity index (χ2n) is 8.29. The number of imidazole rings is 1. The standard InChI is InChI=1S/C19H23F3N4O/c1-10(9-27-18(2,3)4)15-11-5-7-13(11)26-16-12(23-17(26)25-15)6-8-14(24-16)19(20,21)22/h6,8,10,13H,5,7,9H2,1-4H3,(H,23,25)/t10-,13?/m1/s1. The summed E-state index contributed by atoms with van der Waals surface area (Å²) >= 11 is 0. The van der Waals surface area contributed by atoms with Crippen LogP contribution in [0.5, 0.6) is 0 Å². The second kappa shape index (κ2) is 5.95. The Kier molecular flexibility index (Phi) is 4.03. The van der Waals surface area contributed by atoms with Crippen LogP contribution in [-0.2, 0) is 10.9 Å². The molecule has 1 unspecified atom stereocenters. The van der Waals surface area contributed by atoms with Crippen LogP contribution in [0.1, 0.15) is 52.3 Å². The van der Waals surface area contributed by atoms with Crippen molar-refractivity contribution in [3.05, 3.63) is 29.1 Å². The molecule has 4 rings (SSSR count). The molecule has 146 valence electrons. The van der Waals surface area contributed by atoms with E-state index in [1.165, 1.54) is 11.6 Å². The second-order valence-corrected chi connectivity index (χ2v) is 8.29. The lowest BCUT2D eigenvalue weighted by Crippen LogP contribution is -2.34. The van der Waals surface area contributed by atoms with Crippen molar-refractivity contribution in [3.63, 3.8) is 0 Å². The molecule has 2 aromatic rings. The molecule has 1 N–H and O–H groups in total. The summed E-state index contributed by atoms with van der Waals surface area (Å²) in [5, 5.41) is 3.34. The molecule has 8 heteroatoms. The zero-order valence-electron chi connectivity index (χ0n) is 15.8.